The maximum Gasteiger partial charge on any atom is 0.157 e. The van der Waals surface area contributed by atoms with Gasteiger partial charge in [0.25, 0.3) is 0 Å². The van der Waals surface area contributed by atoms with Crippen LogP contribution in [0.15, 0.2) is 79.4 Å². The number of anilines is 1. The molecule has 5 rings (SSSR count). The average Bonchev–Trinajstić information content (AvgIpc) is 3.21. The van der Waals surface area contributed by atoms with Gasteiger partial charge in [-0.25, -0.2) is 4.98 Å². The van der Waals surface area contributed by atoms with Crippen molar-refractivity contribution < 1.29 is 0 Å². The van der Waals surface area contributed by atoms with Crippen LogP contribution in [0, 0.1) is 0 Å². The highest BCUT2D eigenvalue weighted by Gasteiger charge is 2.17. The minimum atomic E-state index is 0.630. The molecule has 126 valence electrons. The molecule has 0 aliphatic heterocycles. The van der Waals surface area contributed by atoms with Crippen LogP contribution in [0.4, 0.5) is 5.82 Å². The Morgan fingerprint density at radius 2 is 1.77 bits per heavy atom. The molecule has 5 nitrogen and oxygen atoms in total. The first kappa shape index (κ1) is 14.7. The van der Waals surface area contributed by atoms with Gasteiger partial charge in [0.15, 0.2) is 5.65 Å². The number of aromatic nitrogens is 4. The number of para-hydroxylation sites is 1. The third kappa shape index (κ3) is 2.25. The number of hydrogen-bond acceptors (Lipinski definition) is 3. The predicted octanol–water partition coefficient (Wildman–Crippen LogP) is 3.98. The van der Waals surface area contributed by atoms with E-state index < -0.39 is 0 Å². The van der Waals surface area contributed by atoms with Crippen molar-refractivity contribution in [2.45, 2.75) is 6.54 Å². The molecular formula is C21H17N5. The van der Waals surface area contributed by atoms with E-state index in [2.05, 4.69) is 58.2 Å². The predicted molar refractivity (Wildman–Crippen MR) is 104 cm³/mol. The molecule has 0 saturated heterocycles. The van der Waals surface area contributed by atoms with Crippen molar-refractivity contribution in [2.24, 2.45) is 0 Å². The summed E-state index contributed by atoms with van der Waals surface area (Å²) in [4.78, 5) is 8.86. The van der Waals surface area contributed by atoms with Crippen LogP contribution in [0.5, 0.6) is 0 Å². The normalized spacial score (nSPS) is 11.4. The summed E-state index contributed by atoms with van der Waals surface area (Å²) in [6.07, 6.45) is 7.42. The van der Waals surface area contributed by atoms with Gasteiger partial charge in [0.1, 0.15) is 11.5 Å². The molecule has 0 spiro atoms. The van der Waals surface area contributed by atoms with E-state index in [0.29, 0.717) is 5.82 Å². The average molecular weight is 339 g/mol. The molecule has 0 bridgehead atoms. The van der Waals surface area contributed by atoms with Crippen LogP contribution in [-0.4, -0.2) is 18.9 Å². The number of nitrogen functional groups attached to an aromatic ring is 1. The molecule has 0 saturated carbocycles. The van der Waals surface area contributed by atoms with Gasteiger partial charge >= 0.3 is 0 Å². The van der Waals surface area contributed by atoms with Gasteiger partial charge in [-0.05, 0) is 11.6 Å². The SMILES string of the molecule is Nc1c(-c2cn(Cc3ccccc3)c3ccccc23)nc2cnccn12. The van der Waals surface area contributed by atoms with Crippen LogP contribution in [0.3, 0.4) is 0 Å². The van der Waals surface area contributed by atoms with Crippen molar-refractivity contribution in [3.05, 3.63) is 84.9 Å². The van der Waals surface area contributed by atoms with Crippen LogP contribution < -0.4 is 5.73 Å². The number of benzene rings is 2. The third-order valence-corrected chi connectivity index (χ3v) is 4.71. The Labute approximate surface area is 150 Å². The summed E-state index contributed by atoms with van der Waals surface area (Å²) < 4.78 is 4.12. The number of nitrogens with zero attached hydrogens (tertiary/aromatic N) is 4. The molecule has 5 heteroatoms. The highest BCUT2D eigenvalue weighted by molar-refractivity contribution is 5.98. The van der Waals surface area contributed by atoms with Gasteiger partial charge in [-0.2, -0.15) is 0 Å². The zero-order chi connectivity index (χ0) is 17.5. The fourth-order valence-electron chi connectivity index (χ4n) is 3.47. The summed E-state index contributed by atoms with van der Waals surface area (Å²) in [6.45, 7) is 0.802. The van der Waals surface area contributed by atoms with Gasteiger partial charge in [-0.15, -0.1) is 0 Å². The number of hydrogen-bond donors (Lipinski definition) is 1. The first-order chi connectivity index (χ1) is 12.8. The highest BCUT2D eigenvalue weighted by atomic mass is 15.1. The van der Waals surface area contributed by atoms with Crippen LogP contribution in [0.1, 0.15) is 5.56 Å². The van der Waals surface area contributed by atoms with Crippen molar-refractivity contribution in [3.63, 3.8) is 0 Å². The van der Waals surface area contributed by atoms with Crippen molar-refractivity contribution >= 4 is 22.4 Å². The Kier molecular flexibility index (Phi) is 3.25. The Balaban J connectivity index is 1.72. The fraction of sp³-hybridized carbons (Fsp3) is 0.0476. The fourth-order valence-corrected chi connectivity index (χ4v) is 3.47. The molecule has 0 amide bonds. The van der Waals surface area contributed by atoms with Gasteiger partial charge in [0.05, 0.1) is 6.20 Å². The molecule has 2 N–H and O–H groups in total. The Morgan fingerprint density at radius 1 is 0.962 bits per heavy atom. The lowest BCUT2D eigenvalue weighted by Crippen LogP contribution is -1.97. The van der Waals surface area contributed by atoms with Crippen LogP contribution >= 0.6 is 0 Å². The Morgan fingerprint density at radius 3 is 2.62 bits per heavy atom. The highest BCUT2D eigenvalue weighted by Crippen LogP contribution is 2.34. The lowest BCUT2D eigenvalue weighted by atomic mass is 10.1. The molecule has 0 unspecified atom stereocenters. The molecule has 3 aromatic heterocycles. The first-order valence-corrected chi connectivity index (χ1v) is 8.51. The van der Waals surface area contributed by atoms with Gasteiger partial charge in [-0.3, -0.25) is 9.38 Å². The topological polar surface area (TPSA) is 61.1 Å². The summed E-state index contributed by atoms with van der Waals surface area (Å²) in [6, 6.07) is 18.8. The summed E-state index contributed by atoms with van der Waals surface area (Å²) in [5, 5.41) is 1.14. The van der Waals surface area contributed by atoms with E-state index in [-0.39, 0.29) is 0 Å². The van der Waals surface area contributed by atoms with Crippen LogP contribution in [-0.2, 0) is 6.54 Å². The second-order valence-corrected chi connectivity index (χ2v) is 6.32. The minimum Gasteiger partial charge on any atom is -0.383 e. The van der Waals surface area contributed by atoms with E-state index >= 15 is 0 Å². The zero-order valence-corrected chi connectivity index (χ0v) is 14.1. The van der Waals surface area contributed by atoms with E-state index in [1.165, 1.54) is 11.1 Å². The molecular weight excluding hydrogens is 322 g/mol. The minimum absolute atomic E-state index is 0.630. The van der Waals surface area contributed by atoms with E-state index in [0.717, 1.165) is 28.8 Å². The van der Waals surface area contributed by atoms with Crippen molar-refractivity contribution in [2.75, 3.05) is 5.73 Å². The summed E-state index contributed by atoms with van der Waals surface area (Å²) in [5.74, 6) is 0.630. The number of fused-ring (bicyclic) bond motifs is 2. The largest absolute Gasteiger partial charge is 0.383 e. The third-order valence-electron chi connectivity index (χ3n) is 4.71. The lowest BCUT2D eigenvalue weighted by molar-refractivity contribution is 0.837. The van der Waals surface area contributed by atoms with Gasteiger partial charge in [0, 0.05) is 41.6 Å². The smallest absolute Gasteiger partial charge is 0.157 e. The van der Waals surface area contributed by atoms with Crippen molar-refractivity contribution in [1.29, 1.82) is 0 Å². The molecule has 5 aromatic rings. The van der Waals surface area contributed by atoms with E-state index in [1.54, 1.807) is 12.4 Å². The molecule has 3 heterocycles. The molecule has 2 aromatic carbocycles. The molecule has 26 heavy (non-hydrogen) atoms. The maximum atomic E-state index is 6.39. The number of imidazole rings is 1. The monoisotopic (exact) mass is 339 g/mol. The summed E-state index contributed by atoms with van der Waals surface area (Å²) in [7, 11) is 0. The molecule has 0 atom stereocenters. The first-order valence-electron chi connectivity index (χ1n) is 8.51. The standard InChI is InChI=1S/C21H17N5/c22-21-20(24-19-12-23-10-11-26(19)21)17-14-25(13-15-6-2-1-3-7-15)18-9-5-4-8-16(17)18/h1-12,14H,13,22H2. The van der Waals surface area contributed by atoms with Gasteiger partial charge in [-0.1, -0.05) is 48.5 Å². The van der Waals surface area contributed by atoms with Crippen molar-refractivity contribution in [1.82, 2.24) is 18.9 Å². The van der Waals surface area contributed by atoms with Crippen molar-refractivity contribution in [3.8, 4) is 11.3 Å². The molecule has 0 aliphatic carbocycles. The quantitative estimate of drug-likeness (QED) is 0.541. The van der Waals surface area contributed by atoms with Crippen LogP contribution in [0.25, 0.3) is 27.8 Å². The Hall–Kier alpha value is -3.60. The zero-order valence-electron chi connectivity index (χ0n) is 14.1. The van der Waals surface area contributed by atoms with E-state index in [1.807, 2.05) is 22.7 Å². The maximum absolute atomic E-state index is 6.39. The second-order valence-electron chi connectivity index (χ2n) is 6.32. The van der Waals surface area contributed by atoms with Gasteiger partial charge < -0.3 is 10.3 Å². The lowest BCUT2D eigenvalue weighted by Gasteiger charge is -2.05. The van der Waals surface area contributed by atoms with Crippen LogP contribution in [0.2, 0.25) is 0 Å². The molecule has 0 radical (unpaired) electrons. The summed E-state index contributed by atoms with van der Waals surface area (Å²) >= 11 is 0. The van der Waals surface area contributed by atoms with Gasteiger partial charge in [0.2, 0.25) is 0 Å². The molecule has 0 fully saturated rings. The second kappa shape index (κ2) is 5.74. The molecule has 0 aliphatic rings. The van der Waals surface area contributed by atoms with E-state index in [4.69, 9.17) is 10.7 Å². The summed E-state index contributed by atoms with van der Waals surface area (Å²) in [5.41, 5.74) is 11.4. The number of rotatable bonds is 3. The Bertz CT molecular complexity index is 1220. The van der Waals surface area contributed by atoms with E-state index in [9.17, 15) is 0 Å². The number of nitrogens with two attached hydrogens (primary N) is 1.